The van der Waals surface area contributed by atoms with Crippen molar-refractivity contribution in [1.29, 1.82) is 0 Å². The monoisotopic (exact) mass is 206 g/mol. The van der Waals surface area contributed by atoms with Gasteiger partial charge in [0, 0.05) is 12.0 Å². The summed E-state index contributed by atoms with van der Waals surface area (Å²) in [6, 6.07) is 1.96. The molecule has 1 nitrogen and oxygen atoms in total. The van der Waals surface area contributed by atoms with Gasteiger partial charge >= 0.3 is 0 Å². The highest BCUT2D eigenvalue weighted by Gasteiger charge is 2.13. The third kappa shape index (κ3) is 2.39. The van der Waals surface area contributed by atoms with Gasteiger partial charge < -0.3 is 5.11 Å². The second-order valence-electron chi connectivity index (χ2n) is 2.87. The lowest BCUT2D eigenvalue weighted by Crippen LogP contribution is -2.07. The highest BCUT2D eigenvalue weighted by Crippen LogP contribution is 2.23. The van der Waals surface area contributed by atoms with Crippen molar-refractivity contribution in [2.24, 2.45) is 0 Å². The third-order valence-corrected chi connectivity index (χ3v) is 2.05. The van der Waals surface area contributed by atoms with Crippen LogP contribution in [-0.4, -0.2) is 11.2 Å². The molecule has 0 aliphatic rings. The lowest BCUT2D eigenvalue weighted by atomic mass is 10.1. The molecule has 4 heteroatoms. The molecule has 0 bridgehead atoms. The molecular formula is C9H9ClF2O. The fraction of sp³-hybridized carbons (Fsp3) is 0.333. The predicted molar refractivity (Wildman–Crippen MR) is 46.8 cm³/mol. The van der Waals surface area contributed by atoms with Crippen LogP contribution in [0.25, 0.3) is 0 Å². The zero-order chi connectivity index (χ0) is 10.0. The maximum atomic E-state index is 13.0. The fourth-order valence-electron chi connectivity index (χ4n) is 1.05. The van der Waals surface area contributed by atoms with Crippen LogP contribution in [0.3, 0.4) is 0 Å². The average molecular weight is 207 g/mol. The molecule has 0 aliphatic carbocycles. The quantitative estimate of drug-likeness (QED) is 0.738. The summed E-state index contributed by atoms with van der Waals surface area (Å²) in [5.74, 6) is -1.26. The van der Waals surface area contributed by atoms with Gasteiger partial charge in [0.2, 0.25) is 0 Å². The maximum Gasteiger partial charge on any atom is 0.142 e. The molecule has 0 unspecified atom stereocenters. The molecule has 0 saturated heterocycles. The second-order valence-corrected chi connectivity index (χ2v) is 3.25. The van der Waals surface area contributed by atoms with Crippen LogP contribution in [0.5, 0.6) is 0 Å². The van der Waals surface area contributed by atoms with E-state index in [2.05, 4.69) is 0 Å². The Morgan fingerprint density at radius 2 is 1.92 bits per heavy atom. The van der Waals surface area contributed by atoms with Crippen LogP contribution in [-0.2, 0) is 6.42 Å². The standard InChI is InChI=1S/C9H9ClF2O/c1-5(13)4-6-7(11)2-3-8(12)9(6)10/h2-3,5,13H,4H2,1H3/t5-/m1/s1. The van der Waals surface area contributed by atoms with Crippen LogP contribution in [0.1, 0.15) is 12.5 Å². The van der Waals surface area contributed by atoms with E-state index in [0.29, 0.717) is 0 Å². The highest BCUT2D eigenvalue weighted by molar-refractivity contribution is 6.31. The van der Waals surface area contributed by atoms with Crippen molar-refractivity contribution in [2.45, 2.75) is 19.4 Å². The normalized spacial score (nSPS) is 13.0. The van der Waals surface area contributed by atoms with Crippen molar-refractivity contribution in [2.75, 3.05) is 0 Å². The van der Waals surface area contributed by atoms with Gasteiger partial charge in [0.15, 0.2) is 0 Å². The lowest BCUT2D eigenvalue weighted by Gasteiger charge is -2.08. The summed E-state index contributed by atoms with van der Waals surface area (Å²) >= 11 is 5.52. The van der Waals surface area contributed by atoms with E-state index in [9.17, 15) is 8.78 Å². The zero-order valence-corrected chi connectivity index (χ0v) is 7.78. The average Bonchev–Trinajstić information content (AvgIpc) is 2.05. The van der Waals surface area contributed by atoms with Crippen LogP contribution in [0.2, 0.25) is 5.02 Å². The van der Waals surface area contributed by atoms with Crippen LogP contribution in [0, 0.1) is 11.6 Å². The number of hydrogen-bond donors (Lipinski definition) is 1. The van der Waals surface area contributed by atoms with Crippen LogP contribution >= 0.6 is 11.6 Å². The van der Waals surface area contributed by atoms with Crippen molar-refractivity contribution in [3.8, 4) is 0 Å². The summed E-state index contributed by atoms with van der Waals surface area (Å²) in [4.78, 5) is 0. The zero-order valence-electron chi connectivity index (χ0n) is 7.02. The minimum Gasteiger partial charge on any atom is -0.393 e. The van der Waals surface area contributed by atoms with Gasteiger partial charge in [0.05, 0.1) is 11.1 Å². The summed E-state index contributed by atoms with van der Waals surface area (Å²) in [6.07, 6.45) is -0.726. The molecule has 0 spiro atoms. The van der Waals surface area contributed by atoms with Crippen molar-refractivity contribution >= 4 is 11.6 Å². The predicted octanol–water partition coefficient (Wildman–Crippen LogP) is 2.54. The summed E-state index contributed by atoms with van der Waals surface area (Å²) in [5, 5.41) is 8.75. The molecule has 1 rings (SSSR count). The SMILES string of the molecule is C[C@@H](O)Cc1c(F)ccc(F)c1Cl. The minimum atomic E-state index is -0.742. The molecule has 0 heterocycles. The van der Waals surface area contributed by atoms with Crippen LogP contribution in [0.15, 0.2) is 12.1 Å². The Bertz CT molecular complexity index is 313. The Morgan fingerprint density at radius 1 is 1.38 bits per heavy atom. The Hall–Kier alpha value is -0.670. The Labute approximate surface area is 80.0 Å². The molecule has 0 fully saturated rings. The minimum absolute atomic E-state index is 0.0163. The van der Waals surface area contributed by atoms with Gasteiger partial charge in [-0.05, 0) is 19.1 Å². The number of hydrogen-bond acceptors (Lipinski definition) is 1. The smallest absolute Gasteiger partial charge is 0.142 e. The Morgan fingerprint density at radius 3 is 2.46 bits per heavy atom. The molecule has 0 aliphatic heterocycles. The number of aliphatic hydroxyl groups excluding tert-OH is 1. The van der Waals surface area contributed by atoms with Gasteiger partial charge in [-0.25, -0.2) is 8.78 Å². The second kappa shape index (κ2) is 4.03. The molecule has 0 saturated carbocycles. The van der Waals surface area contributed by atoms with Crippen molar-refractivity contribution in [3.63, 3.8) is 0 Å². The first kappa shape index (κ1) is 10.4. The summed E-state index contributed by atoms with van der Waals surface area (Å²) in [6.45, 7) is 1.49. The molecule has 1 aromatic rings. The van der Waals surface area contributed by atoms with E-state index in [0.717, 1.165) is 12.1 Å². The molecular weight excluding hydrogens is 198 g/mol. The lowest BCUT2D eigenvalue weighted by molar-refractivity contribution is 0.194. The van der Waals surface area contributed by atoms with E-state index >= 15 is 0 Å². The molecule has 1 N–H and O–H groups in total. The highest BCUT2D eigenvalue weighted by atomic mass is 35.5. The van der Waals surface area contributed by atoms with Crippen LogP contribution in [0.4, 0.5) is 8.78 Å². The first-order valence-electron chi connectivity index (χ1n) is 3.82. The van der Waals surface area contributed by atoms with E-state index in [1.165, 1.54) is 6.92 Å². The first-order chi connectivity index (χ1) is 6.02. The van der Waals surface area contributed by atoms with Gasteiger partial charge in [-0.1, -0.05) is 11.6 Å². The Kier molecular flexibility index (Phi) is 3.22. The third-order valence-electron chi connectivity index (χ3n) is 1.64. The van der Waals surface area contributed by atoms with Gasteiger partial charge in [0.25, 0.3) is 0 Å². The van der Waals surface area contributed by atoms with Crippen molar-refractivity contribution in [3.05, 3.63) is 34.4 Å². The maximum absolute atomic E-state index is 13.0. The molecule has 1 atom stereocenters. The van der Waals surface area contributed by atoms with E-state index in [-0.39, 0.29) is 17.0 Å². The number of halogens is 3. The van der Waals surface area contributed by atoms with Crippen LogP contribution < -0.4 is 0 Å². The van der Waals surface area contributed by atoms with E-state index in [1.807, 2.05) is 0 Å². The van der Waals surface area contributed by atoms with Crippen molar-refractivity contribution < 1.29 is 13.9 Å². The van der Waals surface area contributed by atoms with Gasteiger partial charge in [-0.2, -0.15) is 0 Å². The molecule has 72 valence electrons. The summed E-state index contributed by atoms with van der Waals surface area (Å²) in [5.41, 5.74) is 0.0247. The van der Waals surface area contributed by atoms with Gasteiger partial charge in [0.1, 0.15) is 11.6 Å². The molecule has 0 amide bonds. The van der Waals surface area contributed by atoms with Gasteiger partial charge in [-0.3, -0.25) is 0 Å². The number of aliphatic hydroxyl groups is 1. The first-order valence-corrected chi connectivity index (χ1v) is 4.20. The number of benzene rings is 1. The topological polar surface area (TPSA) is 20.2 Å². The van der Waals surface area contributed by atoms with E-state index < -0.39 is 17.7 Å². The molecule has 0 radical (unpaired) electrons. The van der Waals surface area contributed by atoms with Crippen molar-refractivity contribution in [1.82, 2.24) is 0 Å². The molecule has 1 aromatic carbocycles. The van der Waals surface area contributed by atoms with E-state index in [4.69, 9.17) is 16.7 Å². The van der Waals surface area contributed by atoms with Gasteiger partial charge in [-0.15, -0.1) is 0 Å². The summed E-state index contributed by atoms with van der Waals surface area (Å²) < 4.78 is 25.9. The summed E-state index contributed by atoms with van der Waals surface area (Å²) in [7, 11) is 0. The fourth-order valence-corrected chi connectivity index (χ4v) is 1.28. The Balaban J connectivity index is 3.10. The van der Waals surface area contributed by atoms with E-state index in [1.54, 1.807) is 0 Å². The number of rotatable bonds is 2. The largest absolute Gasteiger partial charge is 0.393 e. The molecule has 0 aromatic heterocycles. The molecule has 13 heavy (non-hydrogen) atoms.